The maximum absolute atomic E-state index is 12.6. The van der Waals surface area contributed by atoms with Gasteiger partial charge >= 0.3 is 12.2 Å². The van der Waals surface area contributed by atoms with Crippen molar-refractivity contribution in [2.75, 3.05) is 26.2 Å². The van der Waals surface area contributed by atoms with Crippen molar-refractivity contribution in [3.8, 4) is 0 Å². The molecule has 0 saturated carbocycles. The summed E-state index contributed by atoms with van der Waals surface area (Å²) in [4.78, 5) is 28.2. The van der Waals surface area contributed by atoms with E-state index < -0.39 is 11.3 Å². The topological polar surface area (TPSA) is 68.3 Å². The van der Waals surface area contributed by atoms with E-state index in [9.17, 15) is 9.59 Å². The van der Waals surface area contributed by atoms with Gasteiger partial charge in [-0.05, 0) is 26.3 Å². The van der Waals surface area contributed by atoms with Crippen molar-refractivity contribution in [3.05, 3.63) is 35.9 Å². The van der Waals surface area contributed by atoms with Crippen LogP contribution in [0.15, 0.2) is 30.3 Å². The number of likely N-dealkylation sites (tertiary alicyclic amines) is 1. The van der Waals surface area contributed by atoms with Gasteiger partial charge in [-0.15, -0.1) is 0 Å². The number of carbonyl (C=O) groups is 2. The van der Waals surface area contributed by atoms with Gasteiger partial charge in [-0.3, -0.25) is 4.90 Å². The standard InChI is InChI=1S/C20H28N2O5/c1-19(2,3)27-17(23)21-11-9-20(10-12-21)22(13-14-26-20)18(24)25-15-16-7-5-4-6-8-16/h4-8H,9-15H2,1-3H3. The minimum atomic E-state index is -0.688. The van der Waals surface area contributed by atoms with Crippen LogP contribution < -0.4 is 0 Å². The average molecular weight is 376 g/mol. The predicted octanol–water partition coefficient (Wildman–Crippen LogP) is 3.38. The van der Waals surface area contributed by atoms with Gasteiger partial charge in [0.05, 0.1) is 13.2 Å². The third-order valence-corrected chi connectivity index (χ3v) is 4.80. The molecule has 2 saturated heterocycles. The summed E-state index contributed by atoms with van der Waals surface area (Å²) in [5.74, 6) is 0. The first-order valence-electron chi connectivity index (χ1n) is 9.39. The molecule has 7 heteroatoms. The number of carbonyl (C=O) groups excluding carboxylic acids is 2. The van der Waals surface area contributed by atoms with Crippen molar-refractivity contribution < 1.29 is 23.8 Å². The molecule has 0 aromatic heterocycles. The van der Waals surface area contributed by atoms with E-state index in [0.717, 1.165) is 5.56 Å². The number of hydrogen-bond acceptors (Lipinski definition) is 5. The molecule has 2 heterocycles. The van der Waals surface area contributed by atoms with E-state index in [1.54, 1.807) is 9.80 Å². The van der Waals surface area contributed by atoms with E-state index in [4.69, 9.17) is 14.2 Å². The zero-order chi connectivity index (χ0) is 19.5. The maximum atomic E-state index is 12.6. The molecular weight excluding hydrogens is 348 g/mol. The largest absolute Gasteiger partial charge is 0.444 e. The van der Waals surface area contributed by atoms with Gasteiger partial charge in [0.2, 0.25) is 0 Å². The molecule has 1 spiro atoms. The molecule has 0 atom stereocenters. The molecule has 0 unspecified atom stereocenters. The summed E-state index contributed by atoms with van der Waals surface area (Å²) in [5, 5.41) is 0. The fourth-order valence-corrected chi connectivity index (χ4v) is 3.44. The number of ether oxygens (including phenoxy) is 3. The molecular formula is C20H28N2O5. The fraction of sp³-hybridized carbons (Fsp3) is 0.600. The van der Waals surface area contributed by atoms with E-state index >= 15 is 0 Å². The zero-order valence-corrected chi connectivity index (χ0v) is 16.3. The van der Waals surface area contributed by atoms with Gasteiger partial charge in [-0.25, -0.2) is 9.59 Å². The van der Waals surface area contributed by atoms with Crippen LogP contribution in [0.1, 0.15) is 39.2 Å². The highest BCUT2D eigenvalue weighted by Crippen LogP contribution is 2.35. The van der Waals surface area contributed by atoms with E-state index in [1.165, 1.54) is 0 Å². The Morgan fingerprint density at radius 2 is 1.74 bits per heavy atom. The van der Waals surface area contributed by atoms with Crippen LogP contribution in [0.2, 0.25) is 0 Å². The molecule has 1 aromatic rings. The van der Waals surface area contributed by atoms with E-state index in [-0.39, 0.29) is 18.8 Å². The molecule has 1 aromatic carbocycles. The fourth-order valence-electron chi connectivity index (χ4n) is 3.44. The molecule has 148 valence electrons. The molecule has 2 aliphatic heterocycles. The summed E-state index contributed by atoms with van der Waals surface area (Å²) in [7, 11) is 0. The lowest BCUT2D eigenvalue weighted by molar-refractivity contribution is -0.110. The Kier molecular flexibility index (Phi) is 5.60. The third-order valence-electron chi connectivity index (χ3n) is 4.80. The van der Waals surface area contributed by atoms with Gasteiger partial charge in [0, 0.05) is 25.9 Å². The molecule has 0 bridgehead atoms. The van der Waals surface area contributed by atoms with Crippen molar-refractivity contribution in [1.82, 2.24) is 9.80 Å². The minimum Gasteiger partial charge on any atom is -0.444 e. The van der Waals surface area contributed by atoms with Crippen LogP contribution in [0.3, 0.4) is 0 Å². The quantitative estimate of drug-likeness (QED) is 0.791. The predicted molar refractivity (Wildman–Crippen MR) is 99.1 cm³/mol. The Morgan fingerprint density at radius 1 is 1.07 bits per heavy atom. The molecule has 2 fully saturated rings. The highest BCUT2D eigenvalue weighted by Gasteiger charge is 2.48. The minimum absolute atomic E-state index is 0.232. The second-order valence-electron chi connectivity index (χ2n) is 7.95. The summed E-state index contributed by atoms with van der Waals surface area (Å²) < 4.78 is 16.9. The molecule has 2 amide bonds. The molecule has 3 rings (SSSR count). The van der Waals surface area contributed by atoms with Gasteiger partial charge < -0.3 is 19.1 Å². The van der Waals surface area contributed by atoms with E-state index in [2.05, 4.69) is 0 Å². The first-order chi connectivity index (χ1) is 12.8. The number of benzene rings is 1. The molecule has 0 N–H and O–H groups in total. The summed E-state index contributed by atoms with van der Waals surface area (Å²) in [6, 6.07) is 9.59. The number of nitrogens with zero attached hydrogens (tertiary/aromatic N) is 2. The Balaban J connectivity index is 1.56. The highest BCUT2D eigenvalue weighted by molar-refractivity contribution is 5.70. The van der Waals surface area contributed by atoms with E-state index in [0.29, 0.717) is 39.1 Å². The SMILES string of the molecule is CC(C)(C)OC(=O)N1CCC2(CC1)OCCN2C(=O)OCc1ccccc1. The Hall–Kier alpha value is -2.28. The molecule has 0 aliphatic carbocycles. The Labute approximate surface area is 160 Å². The Morgan fingerprint density at radius 3 is 2.37 bits per heavy atom. The first kappa shape index (κ1) is 19.5. The zero-order valence-electron chi connectivity index (χ0n) is 16.3. The van der Waals surface area contributed by atoms with Gasteiger partial charge in [0.25, 0.3) is 0 Å². The van der Waals surface area contributed by atoms with Gasteiger partial charge in [0.15, 0.2) is 0 Å². The molecule has 0 radical (unpaired) electrons. The van der Waals surface area contributed by atoms with Crippen molar-refractivity contribution in [3.63, 3.8) is 0 Å². The lowest BCUT2D eigenvalue weighted by atomic mass is 9.99. The van der Waals surface area contributed by atoms with Crippen LogP contribution >= 0.6 is 0 Å². The number of amides is 2. The lowest BCUT2D eigenvalue weighted by Gasteiger charge is -2.42. The summed E-state index contributed by atoms with van der Waals surface area (Å²) in [6.45, 7) is 7.72. The van der Waals surface area contributed by atoms with Crippen LogP contribution in [0.5, 0.6) is 0 Å². The maximum Gasteiger partial charge on any atom is 0.412 e. The molecule has 7 nitrogen and oxygen atoms in total. The van der Waals surface area contributed by atoms with Crippen molar-refractivity contribution in [2.24, 2.45) is 0 Å². The summed E-state index contributed by atoms with van der Waals surface area (Å²) in [6.07, 6.45) is 0.398. The van der Waals surface area contributed by atoms with Crippen molar-refractivity contribution >= 4 is 12.2 Å². The van der Waals surface area contributed by atoms with Crippen LogP contribution in [-0.2, 0) is 20.8 Å². The summed E-state index contributed by atoms with van der Waals surface area (Å²) >= 11 is 0. The van der Waals surface area contributed by atoms with Gasteiger partial charge in [-0.1, -0.05) is 30.3 Å². The van der Waals surface area contributed by atoms with Crippen LogP contribution in [0, 0.1) is 0 Å². The second-order valence-corrected chi connectivity index (χ2v) is 7.95. The lowest BCUT2D eigenvalue weighted by Crippen LogP contribution is -2.56. The Bertz CT molecular complexity index is 663. The summed E-state index contributed by atoms with van der Waals surface area (Å²) in [5.41, 5.74) is -0.268. The average Bonchev–Trinajstić information content (AvgIpc) is 3.03. The number of piperidine rings is 1. The van der Waals surface area contributed by atoms with Gasteiger partial charge in [0.1, 0.15) is 17.9 Å². The van der Waals surface area contributed by atoms with Crippen molar-refractivity contribution in [1.29, 1.82) is 0 Å². The molecule has 2 aliphatic rings. The van der Waals surface area contributed by atoms with Crippen LogP contribution in [0.4, 0.5) is 9.59 Å². The highest BCUT2D eigenvalue weighted by atomic mass is 16.6. The van der Waals surface area contributed by atoms with Crippen LogP contribution in [0.25, 0.3) is 0 Å². The normalized spacial score (nSPS) is 19.2. The first-order valence-corrected chi connectivity index (χ1v) is 9.39. The smallest absolute Gasteiger partial charge is 0.412 e. The monoisotopic (exact) mass is 376 g/mol. The van der Waals surface area contributed by atoms with Crippen molar-refractivity contribution in [2.45, 2.75) is 51.5 Å². The number of rotatable bonds is 2. The molecule has 27 heavy (non-hydrogen) atoms. The second kappa shape index (κ2) is 7.76. The van der Waals surface area contributed by atoms with Crippen LogP contribution in [-0.4, -0.2) is 59.6 Å². The van der Waals surface area contributed by atoms with Gasteiger partial charge in [-0.2, -0.15) is 0 Å². The third kappa shape index (κ3) is 4.71. The van der Waals surface area contributed by atoms with E-state index in [1.807, 2.05) is 51.1 Å². The number of hydrogen-bond donors (Lipinski definition) is 0.